The Kier molecular flexibility index (Phi) is 19.2. The minimum absolute atomic E-state index is 0.00115. The number of rotatable bonds is 14. The van der Waals surface area contributed by atoms with E-state index in [1.807, 2.05) is 0 Å². The van der Waals surface area contributed by atoms with Crippen molar-refractivity contribution in [1.29, 1.82) is 0 Å². The topological polar surface area (TPSA) is 296 Å². The lowest BCUT2D eigenvalue weighted by atomic mass is 10.0. The van der Waals surface area contributed by atoms with Crippen LogP contribution in [-0.4, -0.2) is 141 Å². The van der Waals surface area contributed by atoms with Crippen molar-refractivity contribution in [3.63, 3.8) is 0 Å². The maximum Gasteiger partial charge on any atom is 0.243 e. The van der Waals surface area contributed by atoms with Crippen LogP contribution in [0.15, 0.2) is 30.3 Å². The van der Waals surface area contributed by atoms with Crippen molar-refractivity contribution < 1.29 is 58.8 Å². The van der Waals surface area contributed by atoms with E-state index in [0.29, 0.717) is 20.8 Å². The molecule has 9 amide bonds. The molecule has 2 rings (SSSR count). The van der Waals surface area contributed by atoms with Crippen LogP contribution in [0.5, 0.6) is 0 Å². The number of nitrogens with one attached hydrogen (secondary N) is 6. The number of hydrogen-bond donors (Lipinski definition) is 9. The first-order valence-corrected chi connectivity index (χ1v) is 17.7. The van der Waals surface area contributed by atoms with Gasteiger partial charge in [-0.2, -0.15) is 0 Å². The summed E-state index contributed by atoms with van der Waals surface area (Å²) in [4.78, 5) is 115. The summed E-state index contributed by atoms with van der Waals surface area (Å²) in [5.41, 5.74) is 0.660. The zero-order chi connectivity index (χ0) is 41.1. The van der Waals surface area contributed by atoms with Crippen LogP contribution in [0, 0.1) is 0 Å². The molecule has 0 radical (unpaired) electrons. The van der Waals surface area contributed by atoms with Gasteiger partial charge in [0.2, 0.25) is 53.2 Å². The smallest absolute Gasteiger partial charge is 0.243 e. The Labute approximate surface area is 317 Å². The molecule has 21 nitrogen and oxygen atoms in total. The number of hydroxylamine groups is 6. The molecule has 4 atom stereocenters. The lowest BCUT2D eigenvalue weighted by Gasteiger charge is -2.27. The van der Waals surface area contributed by atoms with Crippen molar-refractivity contribution >= 4 is 53.2 Å². The van der Waals surface area contributed by atoms with E-state index in [4.69, 9.17) is 0 Å². The van der Waals surface area contributed by atoms with Crippen LogP contribution < -0.4 is 31.9 Å². The molecule has 304 valence electrons. The van der Waals surface area contributed by atoms with E-state index >= 15 is 0 Å². The van der Waals surface area contributed by atoms with Crippen molar-refractivity contribution in [3.8, 4) is 0 Å². The van der Waals surface area contributed by atoms with Gasteiger partial charge in [0.05, 0.1) is 13.1 Å². The molecule has 4 unspecified atom stereocenters. The molecule has 1 aliphatic heterocycles. The Hall–Kier alpha value is -5.67. The SMILES string of the molecule is CC(=O)N(O)CCCC1NC(=O)CNC(=O)C(Cc2ccccc2)NC(=O)CNC(=O)C(CCCN(O)C(C)=O)NC(=O)C(CCCN(O)C(C)=O)NC1=O. The highest BCUT2D eigenvalue weighted by Crippen LogP contribution is 2.08. The van der Waals surface area contributed by atoms with Gasteiger partial charge in [0.25, 0.3) is 0 Å². The molecule has 0 spiro atoms. The molecule has 1 aromatic carbocycles. The van der Waals surface area contributed by atoms with Gasteiger partial charge in [-0.25, -0.2) is 15.2 Å². The normalized spacial score (nSPS) is 20.3. The van der Waals surface area contributed by atoms with Gasteiger partial charge >= 0.3 is 0 Å². The summed E-state index contributed by atoms with van der Waals surface area (Å²) in [6.07, 6.45) is -0.566. The Bertz CT molecular complexity index is 1510. The van der Waals surface area contributed by atoms with Crippen LogP contribution >= 0.6 is 0 Å². The summed E-state index contributed by atoms with van der Waals surface area (Å²) in [6, 6.07) is 3.22. The van der Waals surface area contributed by atoms with Gasteiger partial charge in [0, 0.05) is 46.8 Å². The van der Waals surface area contributed by atoms with Crippen molar-refractivity contribution in [2.24, 2.45) is 0 Å². The molecule has 0 bridgehead atoms. The molecule has 0 aromatic heterocycles. The zero-order valence-electron chi connectivity index (χ0n) is 31.0. The Balaban J connectivity index is 2.47. The number of carbonyl (C=O) groups is 9. The van der Waals surface area contributed by atoms with Crippen molar-refractivity contribution in [2.75, 3.05) is 32.7 Å². The summed E-state index contributed by atoms with van der Waals surface area (Å²) >= 11 is 0. The third kappa shape index (κ3) is 16.9. The van der Waals surface area contributed by atoms with E-state index in [-0.39, 0.29) is 64.6 Å². The largest absolute Gasteiger partial charge is 0.345 e. The van der Waals surface area contributed by atoms with Gasteiger partial charge in [-0.1, -0.05) is 30.3 Å². The average molecular weight is 778 g/mol. The molecule has 0 aliphatic carbocycles. The van der Waals surface area contributed by atoms with E-state index in [1.54, 1.807) is 30.3 Å². The summed E-state index contributed by atoms with van der Waals surface area (Å²) in [5.74, 6) is -7.07. The second kappa shape index (κ2) is 23.2. The van der Waals surface area contributed by atoms with Gasteiger partial charge in [-0.05, 0) is 44.1 Å². The molecule has 0 saturated carbocycles. The molecular formula is C34H51N9O12. The average Bonchev–Trinajstić information content (AvgIpc) is 3.13. The van der Waals surface area contributed by atoms with Crippen molar-refractivity contribution in [1.82, 2.24) is 47.1 Å². The van der Waals surface area contributed by atoms with E-state index in [2.05, 4.69) is 31.9 Å². The second-order valence-corrected chi connectivity index (χ2v) is 12.8. The van der Waals surface area contributed by atoms with Crippen LogP contribution in [0.4, 0.5) is 0 Å². The quantitative estimate of drug-likeness (QED) is 0.0698. The van der Waals surface area contributed by atoms with Gasteiger partial charge in [-0.15, -0.1) is 0 Å². The Morgan fingerprint density at radius 2 is 0.891 bits per heavy atom. The summed E-state index contributed by atoms with van der Waals surface area (Å²) in [5, 5.41) is 45.6. The molecule has 21 heteroatoms. The van der Waals surface area contributed by atoms with E-state index in [9.17, 15) is 58.8 Å². The van der Waals surface area contributed by atoms with Crippen LogP contribution in [-0.2, 0) is 49.6 Å². The van der Waals surface area contributed by atoms with Crippen LogP contribution in [0.1, 0.15) is 64.9 Å². The fraction of sp³-hybridized carbons (Fsp3) is 0.559. The summed E-state index contributed by atoms with van der Waals surface area (Å²) in [6.45, 7) is 1.36. The third-order valence-electron chi connectivity index (χ3n) is 8.38. The van der Waals surface area contributed by atoms with Crippen LogP contribution in [0.2, 0.25) is 0 Å². The number of nitrogens with zero attached hydrogens (tertiary/aromatic N) is 3. The molecule has 55 heavy (non-hydrogen) atoms. The second-order valence-electron chi connectivity index (χ2n) is 12.8. The van der Waals surface area contributed by atoms with Crippen LogP contribution in [0.25, 0.3) is 0 Å². The first kappa shape index (κ1) is 45.5. The van der Waals surface area contributed by atoms with E-state index < -0.39 is 90.4 Å². The number of carbonyl (C=O) groups excluding carboxylic acids is 9. The van der Waals surface area contributed by atoms with Crippen LogP contribution in [0.3, 0.4) is 0 Å². The minimum Gasteiger partial charge on any atom is -0.345 e. The first-order valence-electron chi connectivity index (χ1n) is 17.7. The number of hydrogen-bond acceptors (Lipinski definition) is 12. The molecule has 1 aliphatic rings. The van der Waals surface area contributed by atoms with Crippen molar-refractivity contribution in [3.05, 3.63) is 35.9 Å². The first-order chi connectivity index (χ1) is 26.0. The summed E-state index contributed by atoms with van der Waals surface area (Å²) in [7, 11) is 0. The molecule has 1 heterocycles. The minimum atomic E-state index is -1.43. The lowest BCUT2D eigenvalue weighted by Crippen LogP contribution is -2.58. The molecular weight excluding hydrogens is 726 g/mol. The monoisotopic (exact) mass is 777 g/mol. The molecule has 9 N–H and O–H groups in total. The molecule has 1 saturated heterocycles. The predicted octanol–water partition coefficient (Wildman–Crippen LogP) is -2.53. The van der Waals surface area contributed by atoms with Crippen molar-refractivity contribution in [2.45, 2.75) is 89.9 Å². The number of amides is 9. The van der Waals surface area contributed by atoms with E-state index in [0.717, 1.165) is 20.8 Å². The van der Waals surface area contributed by atoms with Gasteiger partial charge < -0.3 is 31.9 Å². The fourth-order valence-corrected chi connectivity index (χ4v) is 5.29. The van der Waals surface area contributed by atoms with Gasteiger partial charge in [-0.3, -0.25) is 58.8 Å². The molecule has 1 aromatic rings. The predicted molar refractivity (Wildman–Crippen MR) is 189 cm³/mol. The highest BCUT2D eigenvalue weighted by Gasteiger charge is 2.31. The third-order valence-corrected chi connectivity index (χ3v) is 8.38. The highest BCUT2D eigenvalue weighted by atomic mass is 16.5. The van der Waals surface area contributed by atoms with E-state index in [1.165, 1.54) is 0 Å². The maximum absolute atomic E-state index is 13.7. The molecule has 1 fully saturated rings. The summed E-state index contributed by atoms with van der Waals surface area (Å²) < 4.78 is 0. The fourth-order valence-electron chi connectivity index (χ4n) is 5.29. The Morgan fingerprint density at radius 1 is 0.545 bits per heavy atom. The Morgan fingerprint density at radius 3 is 1.29 bits per heavy atom. The number of benzene rings is 1. The zero-order valence-corrected chi connectivity index (χ0v) is 31.0. The maximum atomic E-state index is 13.7. The van der Waals surface area contributed by atoms with Gasteiger partial charge in [0.15, 0.2) is 0 Å². The highest BCUT2D eigenvalue weighted by molar-refractivity contribution is 5.96. The van der Waals surface area contributed by atoms with Gasteiger partial charge in [0.1, 0.15) is 24.2 Å². The standard InChI is InChI=1S/C34H51N9O12/c1-21(44)41(53)15-7-12-25-31(49)35-20-30(48)38-28(18-24-10-5-4-6-11-24)32(50)36-19-29(47)37-26(13-8-16-42(54)22(2)45)33(51)40-27(34(52)39-25)14-9-17-43(55)23(3)46/h4-6,10-11,25-28,53-55H,7-9,12-20H2,1-3H3,(H,35,49)(H,36,50)(H,37,47)(H,38,48)(H,39,52)(H,40,51). The lowest BCUT2D eigenvalue weighted by molar-refractivity contribution is -0.163.